The van der Waals surface area contributed by atoms with Gasteiger partial charge in [0.15, 0.2) is 0 Å². The van der Waals surface area contributed by atoms with E-state index in [-0.39, 0.29) is 28.4 Å². The van der Waals surface area contributed by atoms with Crippen molar-refractivity contribution in [3.05, 3.63) is 58.1 Å². The largest absolute Gasteiger partial charge is 0.490 e. The number of rotatable bonds is 5. The first-order valence-electron chi connectivity index (χ1n) is 19.4. The Labute approximate surface area is 315 Å². The topological polar surface area (TPSA) is 91.4 Å². The van der Waals surface area contributed by atoms with Crippen molar-refractivity contribution in [1.82, 2.24) is 14.5 Å². The highest BCUT2D eigenvalue weighted by Gasteiger charge is 2.45. The predicted octanol–water partition coefficient (Wildman–Crippen LogP) is 5.82. The number of hydrogen-bond acceptors (Lipinski definition) is 7. The molecule has 2 bridgehead atoms. The van der Waals surface area contributed by atoms with Crippen LogP contribution < -0.4 is 14.4 Å². The first-order valence-corrected chi connectivity index (χ1v) is 21.6. The standard InChI is InChI=1S/C41H57ClN4O5S/c1-28-7-5-8-32(23-44-17-18-45(19-20-50-3)39(47)25-44)35-13-10-33(35)24-46-26-41(16-6-9-30-21-34(42)12-14-36(30)41)27-51-38-15-11-31(22-37(38)46)40(48)43-52(4,49)29(28)2/h11-12,14-15,21-22,28-29,32-33,35H,4-10,13,16-20,23-27H2,1-3H3,(H,43,48,49)/t28-,29+,32+,33-,35-,41-,52?/m0/s1. The fraction of sp³-hybridized carbons (Fsp3) is 0.634. The van der Waals surface area contributed by atoms with E-state index in [0.717, 1.165) is 94.1 Å². The van der Waals surface area contributed by atoms with Crippen LogP contribution in [0.25, 0.3) is 0 Å². The number of ether oxygens (including phenoxy) is 2. The zero-order valence-corrected chi connectivity index (χ0v) is 32.8. The van der Waals surface area contributed by atoms with Gasteiger partial charge in [0.25, 0.3) is 5.91 Å². The number of benzene rings is 2. The van der Waals surface area contributed by atoms with Gasteiger partial charge in [-0.15, -0.1) is 0 Å². The van der Waals surface area contributed by atoms with Crippen LogP contribution in [0.4, 0.5) is 5.69 Å². The molecule has 2 amide bonds. The Morgan fingerprint density at radius 1 is 1.08 bits per heavy atom. The molecule has 2 aliphatic carbocycles. The molecule has 52 heavy (non-hydrogen) atoms. The molecular formula is C41H57ClN4O5S. The van der Waals surface area contributed by atoms with Crippen molar-refractivity contribution in [3.8, 4) is 5.75 Å². The van der Waals surface area contributed by atoms with Crippen molar-refractivity contribution in [2.24, 2.45) is 23.7 Å². The van der Waals surface area contributed by atoms with E-state index in [9.17, 15) is 13.8 Å². The number of carbonyl (C=O) groups excluding carboxylic acids is 2. The molecule has 284 valence electrons. The molecular weight excluding hydrogens is 696 g/mol. The average Bonchev–Trinajstić information content (AvgIpc) is 3.25. The molecule has 0 aromatic heterocycles. The van der Waals surface area contributed by atoms with E-state index in [4.69, 9.17) is 21.1 Å². The molecule has 7 rings (SSSR count). The van der Waals surface area contributed by atoms with Crippen LogP contribution in [-0.4, -0.2) is 103 Å². The van der Waals surface area contributed by atoms with Gasteiger partial charge in [0, 0.05) is 67.6 Å². The first kappa shape index (κ1) is 37.5. The van der Waals surface area contributed by atoms with Crippen LogP contribution in [0.5, 0.6) is 5.75 Å². The summed E-state index contributed by atoms with van der Waals surface area (Å²) in [5.74, 6) is 6.29. The SMILES string of the molecule is C=S1(=O)NC(=O)c2ccc3c(c2)N(C[C@@H]2CC[C@H]2[C@@H](CN2CCN(CCOC)C(=O)C2)CCC[C@H](C)[C@H]1C)C[C@@]1(CCCc2cc(Cl)ccc21)CO3. The minimum atomic E-state index is -2.91. The second-order valence-corrected chi connectivity index (χ2v) is 19.3. The minimum Gasteiger partial charge on any atom is -0.490 e. The number of aryl methyl sites for hydroxylation is 1. The van der Waals surface area contributed by atoms with Crippen molar-refractivity contribution in [2.45, 2.75) is 75.9 Å². The molecule has 3 aliphatic heterocycles. The van der Waals surface area contributed by atoms with Crippen LogP contribution in [0.2, 0.25) is 5.02 Å². The zero-order chi connectivity index (χ0) is 36.6. The van der Waals surface area contributed by atoms with Gasteiger partial charge in [-0.3, -0.25) is 19.2 Å². The zero-order valence-electron chi connectivity index (χ0n) is 31.2. The molecule has 2 fully saturated rings. The van der Waals surface area contributed by atoms with Crippen LogP contribution in [0.15, 0.2) is 36.4 Å². The van der Waals surface area contributed by atoms with Crippen molar-refractivity contribution >= 4 is 44.7 Å². The van der Waals surface area contributed by atoms with E-state index in [0.29, 0.717) is 49.6 Å². The molecule has 1 saturated heterocycles. The number of methoxy groups -OCH3 is 1. The average molecular weight is 753 g/mol. The highest BCUT2D eigenvalue weighted by Crippen LogP contribution is 2.48. The summed E-state index contributed by atoms with van der Waals surface area (Å²) in [6, 6.07) is 12.0. The van der Waals surface area contributed by atoms with Crippen LogP contribution in [0.3, 0.4) is 0 Å². The summed E-state index contributed by atoms with van der Waals surface area (Å²) in [5.41, 5.74) is 3.80. The smallest absolute Gasteiger partial charge is 0.262 e. The molecule has 1 unspecified atom stereocenters. The lowest BCUT2D eigenvalue weighted by Crippen LogP contribution is -2.53. The van der Waals surface area contributed by atoms with Gasteiger partial charge in [-0.25, -0.2) is 4.21 Å². The Hall–Kier alpha value is -2.79. The van der Waals surface area contributed by atoms with Crippen LogP contribution in [-0.2, 0) is 31.1 Å². The monoisotopic (exact) mass is 752 g/mol. The second-order valence-electron chi connectivity index (χ2n) is 16.4. The Morgan fingerprint density at radius 2 is 1.92 bits per heavy atom. The quantitative estimate of drug-likeness (QED) is 0.386. The van der Waals surface area contributed by atoms with Crippen molar-refractivity contribution in [3.63, 3.8) is 0 Å². The number of fused-ring (bicyclic) bond motifs is 4. The normalized spacial score (nSPS) is 33.0. The number of nitrogens with zero attached hydrogens (tertiary/aromatic N) is 3. The van der Waals surface area contributed by atoms with Gasteiger partial charge in [-0.05, 0) is 123 Å². The minimum absolute atomic E-state index is 0.127. The number of nitrogens with one attached hydrogen (secondary N) is 1. The van der Waals surface area contributed by atoms with E-state index in [1.807, 2.05) is 30.0 Å². The number of piperazine rings is 1. The lowest BCUT2D eigenvalue weighted by Gasteiger charge is -2.48. The fourth-order valence-corrected chi connectivity index (χ4v) is 11.4. The Kier molecular flexibility index (Phi) is 11.2. The van der Waals surface area contributed by atoms with E-state index in [2.05, 4.69) is 39.4 Å². The van der Waals surface area contributed by atoms with Gasteiger partial charge in [0.05, 0.1) is 35.2 Å². The fourth-order valence-electron chi connectivity index (χ4n) is 9.72. The molecule has 3 heterocycles. The number of anilines is 1. The summed E-state index contributed by atoms with van der Waals surface area (Å²) in [6.07, 6.45) is 8.41. The number of halogens is 1. The molecule has 11 heteroatoms. The molecule has 1 saturated carbocycles. The molecule has 0 radical (unpaired) electrons. The lowest BCUT2D eigenvalue weighted by atomic mass is 9.65. The molecule has 5 aliphatic rings. The van der Waals surface area contributed by atoms with Crippen LogP contribution >= 0.6 is 11.6 Å². The van der Waals surface area contributed by atoms with E-state index < -0.39 is 9.71 Å². The molecule has 2 aromatic rings. The summed E-state index contributed by atoms with van der Waals surface area (Å²) in [4.78, 5) is 33.7. The lowest BCUT2D eigenvalue weighted by molar-refractivity contribution is -0.137. The Bertz CT molecular complexity index is 1750. The molecule has 1 spiro atoms. The van der Waals surface area contributed by atoms with Gasteiger partial charge in [-0.1, -0.05) is 31.0 Å². The third kappa shape index (κ3) is 7.73. The van der Waals surface area contributed by atoms with Crippen molar-refractivity contribution in [2.75, 3.05) is 71.0 Å². The van der Waals surface area contributed by atoms with E-state index in [1.165, 1.54) is 17.5 Å². The number of hydrogen-bond donors (Lipinski definition) is 1. The first-order chi connectivity index (χ1) is 25.0. The molecule has 7 atom stereocenters. The number of amides is 2. The van der Waals surface area contributed by atoms with Crippen molar-refractivity contribution < 1.29 is 23.3 Å². The summed E-state index contributed by atoms with van der Waals surface area (Å²) in [5, 5.41) is 0.485. The van der Waals surface area contributed by atoms with Gasteiger partial charge in [0.2, 0.25) is 5.91 Å². The Balaban J connectivity index is 1.22. The maximum absolute atomic E-state index is 14.0. The summed E-state index contributed by atoms with van der Waals surface area (Å²) < 4.78 is 28.8. The van der Waals surface area contributed by atoms with Crippen molar-refractivity contribution in [1.29, 1.82) is 0 Å². The highest BCUT2D eigenvalue weighted by atomic mass is 35.5. The Morgan fingerprint density at radius 3 is 2.69 bits per heavy atom. The second kappa shape index (κ2) is 15.5. The molecule has 2 aromatic carbocycles. The summed E-state index contributed by atoms with van der Waals surface area (Å²) in [6.45, 7) is 10.5. The highest BCUT2D eigenvalue weighted by molar-refractivity contribution is 7.99. The maximum Gasteiger partial charge on any atom is 0.262 e. The third-order valence-electron chi connectivity index (χ3n) is 13.2. The van der Waals surface area contributed by atoms with Crippen LogP contribution in [0.1, 0.15) is 80.3 Å². The van der Waals surface area contributed by atoms with Gasteiger partial charge in [0.1, 0.15) is 5.75 Å². The molecule has 9 nitrogen and oxygen atoms in total. The van der Waals surface area contributed by atoms with Gasteiger partial charge in [-0.2, -0.15) is 0 Å². The third-order valence-corrected chi connectivity index (χ3v) is 15.6. The van der Waals surface area contributed by atoms with E-state index in [1.54, 1.807) is 13.2 Å². The van der Waals surface area contributed by atoms with Gasteiger partial charge < -0.3 is 19.3 Å². The number of carbonyl (C=O) groups is 2. The maximum atomic E-state index is 14.0. The predicted molar refractivity (Wildman–Crippen MR) is 210 cm³/mol. The summed E-state index contributed by atoms with van der Waals surface area (Å²) >= 11 is 6.50. The van der Waals surface area contributed by atoms with E-state index >= 15 is 0 Å². The van der Waals surface area contributed by atoms with Crippen LogP contribution in [0, 0.1) is 23.7 Å². The summed E-state index contributed by atoms with van der Waals surface area (Å²) in [7, 11) is -1.23. The van der Waals surface area contributed by atoms with Gasteiger partial charge >= 0.3 is 0 Å². The molecule has 1 N–H and O–H groups in total.